The average Bonchev–Trinajstić information content (AvgIpc) is 2.69. The molecule has 1 aliphatic heterocycles. The molecule has 0 radical (unpaired) electrons. The predicted molar refractivity (Wildman–Crippen MR) is 70.1 cm³/mol. The summed E-state index contributed by atoms with van der Waals surface area (Å²) in [6.07, 6.45) is 9.01. The molecule has 1 saturated heterocycles. The van der Waals surface area contributed by atoms with Crippen LogP contribution in [-0.2, 0) is 4.79 Å². The van der Waals surface area contributed by atoms with Crippen molar-refractivity contribution in [1.29, 1.82) is 0 Å². The highest BCUT2D eigenvalue weighted by Gasteiger charge is 2.55. The van der Waals surface area contributed by atoms with Crippen LogP contribution in [0.4, 0.5) is 0 Å². The van der Waals surface area contributed by atoms with Crippen LogP contribution < -0.4 is 5.32 Å². The summed E-state index contributed by atoms with van der Waals surface area (Å²) >= 11 is 0. The lowest BCUT2D eigenvalue weighted by Crippen LogP contribution is -2.60. The summed E-state index contributed by atoms with van der Waals surface area (Å²) in [5.41, 5.74) is 0.275. The number of carbonyl (C=O) groups excluding carboxylic acids is 1. The van der Waals surface area contributed by atoms with E-state index >= 15 is 0 Å². The Morgan fingerprint density at radius 1 is 1.11 bits per heavy atom. The third kappa shape index (κ3) is 1.49. The summed E-state index contributed by atoms with van der Waals surface area (Å²) in [4.78, 5) is 14.6. The quantitative estimate of drug-likeness (QED) is 0.808. The molecular weight excluding hydrogens is 224 g/mol. The van der Waals surface area contributed by atoms with Crippen molar-refractivity contribution in [2.24, 2.45) is 17.8 Å². The summed E-state index contributed by atoms with van der Waals surface area (Å²) in [6.45, 7) is 0.960. The number of hydrogen-bond acceptors (Lipinski definition) is 2. The number of rotatable bonds is 2. The first-order valence-corrected chi connectivity index (χ1v) is 7.66. The van der Waals surface area contributed by atoms with Gasteiger partial charge < -0.3 is 10.2 Å². The van der Waals surface area contributed by atoms with Crippen LogP contribution in [0.1, 0.15) is 44.9 Å². The van der Waals surface area contributed by atoms with Crippen molar-refractivity contribution in [2.45, 2.75) is 56.5 Å². The number of likely N-dealkylation sites (N-methyl/N-ethyl adjacent to an activating group) is 1. The molecule has 3 nitrogen and oxygen atoms in total. The van der Waals surface area contributed by atoms with Gasteiger partial charge in [-0.3, -0.25) is 4.79 Å². The van der Waals surface area contributed by atoms with E-state index in [1.165, 1.54) is 38.5 Å². The second-order valence-corrected chi connectivity index (χ2v) is 7.34. The summed E-state index contributed by atoms with van der Waals surface area (Å²) in [6, 6.07) is 0.394. The predicted octanol–water partition coefficient (Wildman–Crippen LogP) is 1.78. The fourth-order valence-corrected chi connectivity index (χ4v) is 5.75. The highest BCUT2D eigenvalue weighted by atomic mass is 16.2. The van der Waals surface area contributed by atoms with Crippen molar-refractivity contribution in [3.8, 4) is 0 Å². The molecule has 4 saturated carbocycles. The van der Waals surface area contributed by atoms with Crippen LogP contribution in [0.15, 0.2) is 0 Å². The lowest BCUT2D eigenvalue weighted by Gasteiger charge is -2.59. The molecule has 5 aliphatic rings. The number of likely N-dealkylation sites (tertiary alicyclic amines) is 1. The second-order valence-electron chi connectivity index (χ2n) is 7.34. The molecule has 0 spiro atoms. The summed E-state index contributed by atoms with van der Waals surface area (Å²) in [5.74, 6) is 3.20. The molecule has 1 heterocycles. The molecule has 1 N–H and O–H groups in total. The minimum absolute atomic E-state index is 0.275. The SMILES string of the molecule is CNC1CC(=O)N(C23CC4CC(CC(C4)C2)C3)C1. The van der Waals surface area contributed by atoms with E-state index in [2.05, 4.69) is 10.2 Å². The minimum Gasteiger partial charge on any atom is -0.335 e. The molecule has 0 aromatic heterocycles. The van der Waals surface area contributed by atoms with Crippen LogP contribution >= 0.6 is 0 Å². The molecule has 1 unspecified atom stereocenters. The third-order valence-electron chi connectivity index (χ3n) is 6.11. The topological polar surface area (TPSA) is 32.3 Å². The Hall–Kier alpha value is -0.570. The highest BCUT2D eigenvalue weighted by Crippen LogP contribution is 2.58. The van der Waals surface area contributed by atoms with Crippen molar-refractivity contribution in [3.63, 3.8) is 0 Å². The normalized spacial score (nSPS) is 50.3. The van der Waals surface area contributed by atoms with Gasteiger partial charge in [-0.25, -0.2) is 0 Å². The Kier molecular flexibility index (Phi) is 2.33. The van der Waals surface area contributed by atoms with Crippen LogP contribution in [0.25, 0.3) is 0 Å². The Balaban J connectivity index is 1.62. The van der Waals surface area contributed by atoms with E-state index in [4.69, 9.17) is 0 Å². The number of amides is 1. The maximum absolute atomic E-state index is 12.3. The van der Waals surface area contributed by atoms with Gasteiger partial charge in [0.05, 0.1) is 0 Å². The summed E-state index contributed by atoms with van der Waals surface area (Å²) in [5, 5.41) is 3.29. The van der Waals surface area contributed by atoms with E-state index in [0.29, 0.717) is 11.9 Å². The number of nitrogens with one attached hydrogen (secondary N) is 1. The minimum atomic E-state index is 0.275. The average molecular weight is 248 g/mol. The Bertz CT molecular complexity index is 343. The van der Waals surface area contributed by atoms with Crippen molar-refractivity contribution in [3.05, 3.63) is 0 Å². The van der Waals surface area contributed by atoms with Crippen molar-refractivity contribution < 1.29 is 4.79 Å². The van der Waals surface area contributed by atoms with Gasteiger partial charge in [-0.05, 0) is 63.3 Å². The van der Waals surface area contributed by atoms with Gasteiger partial charge >= 0.3 is 0 Å². The van der Waals surface area contributed by atoms with Crippen LogP contribution in [0.5, 0.6) is 0 Å². The van der Waals surface area contributed by atoms with Crippen molar-refractivity contribution in [1.82, 2.24) is 10.2 Å². The molecule has 5 fully saturated rings. The van der Waals surface area contributed by atoms with Gasteiger partial charge in [0.25, 0.3) is 0 Å². The highest BCUT2D eigenvalue weighted by molar-refractivity contribution is 5.80. The molecule has 4 bridgehead atoms. The van der Waals surface area contributed by atoms with Gasteiger partial charge in [-0.15, -0.1) is 0 Å². The molecule has 5 rings (SSSR count). The first-order chi connectivity index (χ1) is 8.68. The zero-order chi connectivity index (χ0) is 12.3. The Morgan fingerprint density at radius 3 is 2.11 bits per heavy atom. The molecule has 0 aromatic rings. The van der Waals surface area contributed by atoms with E-state index in [9.17, 15) is 4.79 Å². The lowest BCUT2D eigenvalue weighted by molar-refractivity contribution is -0.145. The number of carbonyl (C=O) groups is 1. The van der Waals surface area contributed by atoms with Gasteiger partial charge in [-0.2, -0.15) is 0 Å². The number of nitrogens with zero attached hydrogens (tertiary/aromatic N) is 1. The first kappa shape index (κ1) is 11.3. The van der Waals surface area contributed by atoms with Crippen LogP contribution in [-0.4, -0.2) is 36.0 Å². The van der Waals surface area contributed by atoms with E-state index in [1.54, 1.807) is 0 Å². The molecule has 0 aromatic carbocycles. The zero-order valence-electron chi connectivity index (χ0n) is 11.3. The maximum atomic E-state index is 12.3. The van der Waals surface area contributed by atoms with Crippen molar-refractivity contribution in [2.75, 3.05) is 13.6 Å². The third-order valence-corrected chi connectivity index (χ3v) is 6.11. The maximum Gasteiger partial charge on any atom is 0.224 e. The van der Waals surface area contributed by atoms with Gasteiger partial charge in [0, 0.05) is 24.5 Å². The van der Waals surface area contributed by atoms with Crippen LogP contribution in [0.2, 0.25) is 0 Å². The largest absolute Gasteiger partial charge is 0.335 e. The zero-order valence-corrected chi connectivity index (χ0v) is 11.3. The second kappa shape index (κ2) is 3.72. The van der Waals surface area contributed by atoms with Gasteiger partial charge in [-0.1, -0.05) is 0 Å². The molecule has 4 aliphatic carbocycles. The van der Waals surface area contributed by atoms with Crippen LogP contribution in [0, 0.1) is 17.8 Å². The van der Waals surface area contributed by atoms with E-state index in [0.717, 1.165) is 30.7 Å². The lowest BCUT2D eigenvalue weighted by atomic mass is 9.52. The standard InChI is InChI=1S/C15H24N2O/c1-16-13-5-14(18)17(9-13)15-6-10-2-11(7-15)4-12(3-10)8-15/h10-13,16H,2-9H2,1H3. The van der Waals surface area contributed by atoms with E-state index < -0.39 is 0 Å². The monoisotopic (exact) mass is 248 g/mol. The molecule has 1 atom stereocenters. The smallest absolute Gasteiger partial charge is 0.224 e. The molecule has 18 heavy (non-hydrogen) atoms. The van der Waals surface area contributed by atoms with Crippen molar-refractivity contribution >= 4 is 5.91 Å². The fourth-order valence-electron chi connectivity index (χ4n) is 5.75. The van der Waals surface area contributed by atoms with Gasteiger partial charge in [0.15, 0.2) is 0 Å². The summed E-state index contributed by atoms with van der Waals surface area (Å²) < 4.78 is 0. The molecular formula is C15H24N2O. The molecule has 3 heteroatoms. The van der Waals surface area contributed by atoms with E-state index in [1.807, 2.05) is 7.05 Å². The van der Waals surface area contributed by atoms with Crippen LogP contribution in [0.3, 0.4) is 0 Å². The molecule has 100 valence electrons. The first-order valence-electron chi connectivity index (χ1n) is 7.66. The van der Waals surface area contributed by atoms with E-state index in [-0.39, 0.29) is 5.54 Å². The van der Waals surface area contributed by atoms with Gasteiger partial charge in [0.2, 0.25) is 5.91 Å². The summed E-state index contributed by atoms with van der Waals surface area (Å²) in [7, 11) is 1.99. The fraction of sp³-hybridized carbons (Fsp3) is 0.933. The van der Waals surface area contributed by atoms with Gasteiger partial charge in [0.1, 0.15) is 0 Å². The molecule has 1 amide bonds. The Morgan fingerprint density at radius 2 is 1.67 bits per heavy atom. The Labute approximate surface area is 109 Å². The number of hydrogen-bond donors (Lipinski definition) is 1.